The van der Waals surface area contributed by atoms with Crippen LogP contribution in [0.5, 0.6) is 5.75 Å². The minimum absolute atomic E-state index is 0.133. The topological polar surface area (TPSA) is 107 Å². The highest BCUT2D eigenvalue weighted by atomic mass is 32.1. The van der Waals surface area contributed by atoms with E-state index in [2.05, 4.69) is 15.6 Å². The van der Waals surface area contributed by atoms with Crippen molar-refractivity contribution in [3.8, 4) is 17.2 Å². The molecule has 0 bridgehead atoms. The van der Waals surface area contributed by atoms with Crippen molar-refractivity contribution < 1.29 is 23.2 Å². The van der Waals surface area contributed by atoms with Gasteiger partial charge in [0.15, 0.2) is 16.7 Å². The average Bonchev–Trinajstić information content (AvgIpc) is 3.46. The van der Waals surface area contributed by atoms with E-state index in [9.17, 15) is 9.59 Å². The smallest absolute Gasteiger partial charge is 0.293 e. The monoisotopic (exact) mass is 439 g/mol. The largest absolute Gasteiger partial charge is 0.494 e. The Hall–Kier alpha value is -3.59. The molecule has 2 N–H and O–H groups in total. The molecule has 0 saturated heterocycles. The molecule has 4 rings (SSSR count). The number of hydrogen-bond donors (Lipinski definition) is 2. The van der Waals surface area contributed by atoms with Gasteiger partial charge >= 0.3 is 0 Å². The van der Waals surface area contributed by atoms with E-state index in [0.717, 1.165) is 16.7 Å². The van der Waals surface area contributed by atoms with E-state index >= 15 is 0 Å². The first kappa shape index (κ1) is 20.7. The van der Waals surface area contributed by atoms with Crippen LogP contribution in [-0.4, -0.2) is 23.4 Å². The number of hydrogen-bond acceptors (Lipinski definition) is 7. The summed E-state index contributed by atoms with van der Waals surface area (Å²) in [5, 5.41) is 8.50. The van der Waals surface area contributed by atoms with Crippen molar-refractivity contribution in [2.24, 2.45) is 0 Å². The molecule has 0 aliphatic heterocycles. The Kier molecular flexibility index (Phi) is 5.77. The fourth-order valence-corrected chi connectivity index (χ4v) is 3.79. The summed E-state index contributed by atoms with van der Waals surface area (Å²) in [5.74, 6) is 1.63. The molecule has 1 aromatic carbocycles. The molecule has 9 heteroatoms. The lowest BCUT2D eigenvalue weighted by atomic mass is 10.1. The van der Waals surface area contributed by atoms with Crippen LogP contribution in [0.2, 0.25) is 0 Å². The Balaban J connectivity index is 1.49. The van der Waals surface area contributed by atoms with Crippen molar-refractivity contribution in [3.05, 3.63) is 52.8 Å². The number of amides is 2. The second-order valence-electron chi connectivity index (χ2n) is 6.81. The van der Waals surface area contributed by atoms with Gasteiger partial charge in [-0.15, -0.1) is 11.3 Å². The molecular weight excluding hydrogens is 418 g/mol. The molecule has 8 nitrogen and oxygen atoms in total. The van der Waals surface area contributed by atoms with Crippen LogP contribution in [-0.2, 0) is 11.3 Å². The number of furan rings is 2. The number of aromatic nitrogens is 1. The van der Waals surface area contributed by atoms with Crippen LogP contribution in [0.3, 0.4) is 0 Å². The molecule has 0 radical (unpaired) electrons. The van der Waals surface area contributed by atoms with E-state index in [0.29, 0.717) is 41.1 Å². The third kappa shape index (κ3) is 4.46. The van der Waals surface area contributed by atoms with Crippen LogP contribution in [0.25, 0.3) is 22.4 Å². The molecule has 0 spiro atoms. The number of anilines is 1. The summed E-state index contributed by atoms with van der Waals surface area (Å²) in [6, 6.07) is 9.02. The van der Waals surface area contributed by atoms with Crippen LogP contribution in [0.1, 0.15) is 35.7 Å². The van der Waals surface area contributed by atoms with Gasteiger partial charge in [0, 0.05) is 23.3 Å². The van der Waals surface area contributed by atoms with Gasteiger partial charge in [-0.1, -0.05) is 0 Å². The quantitative estimate of drug-likeness (QED) is 0.431. The van der Waals surface area contributed by atoms with E-state index in [4.69, 9.17) is 13.6 Å². The van der Waals surface area contributed by atoms with Gasteiger partial charge in [0.2, 0.25) is 5.91 Å². The molecule has 160 valence electrons. The van der Waals surface area contributed by atoms with Gasteiger partial charge in [0.1, 0.15) is 22.8 Å². The van der Waals surface area contributed by atoms with Crippen molar-refractivity contribution in [2.45, 2.75) is 27.3 Å². The number of nitrogens with zero attached hydrogens (tertiary/aromatic N) is 1. The van der Waals surface area contributed by atoms with Gasteiger partial charge < -0.3 is 18.9 Å². The molecule has 2 amide bonds. The Morgan fingerprint density at radius 1 is 1.19 bits per heavy atom. The zero-order chi connectivity index (χ0) is 22.0. The fraction of sp³-hybridized carbons (Fsp3) is 0.227. The zero-order valence-corrected chi connectivity index (χ0v) is 18.1. The van der Waals surface area contributed by atoms with Gasteiger partial charge in [0.25, 0.3) is 5.91 Å². The van der Waals surface area contributed by atoms with Crippen molar-refractivity contribution in [1.29, 1.82) is 0 Å². The summed E-state index contributed by atoms with van der Waals surface area (Å²) in [5.41, 5.74) is 1.95. The maximum atomic E-state index is 12.8. The van der Waals surface area contributed by atoms with E-state index in [-0.39, 0.29) is 17.6 Å². The number of rotatable bonds is 7. The van der Waals surface area contributed by atoms with E-state index < -0.39 is 0 Å². The van der Waals surface area contributed by atoms with Crippen LogP contribution in [0, 0.1) is 6.92 Å². The summed E-state index contributed by atoms with van der Waals surface area (Å²) >= 11 is 1.28. The van der Waals surface area contributed by atoms with Crippen molar-refractivity contribution in [1.82, 2.24) is 10.3 Å². The molecule has 0 aliphatic rings. The summed E-state index contributed by atoms with van der Waals surface area (Å²) in [7, 11) is 0. The maximum absolute atomic E-state index is 12.8. The summed E-state index contributed by atoms with van der Waals surface area (Å²) in [6.45, 7) is 6.07. The number of benzene rings is 1. The highest BCUT2D eigenvalue weighted by molar-refractivity contribution is 7.14. The lowest BCUT2D eigenvalue weighted by molar-refractivity contribution is -0.119. The Labute approximate surface area is 182 Å². The number of carbonyl (C=O) groups is 2. The summed E-state index contributed by atoms with van der Waals surface area (Å²) in [6.07, 6.45) is 0. The van der Waals surface area contributed by atoms with Crippen LogP contribution >= 0.6 is 11.3 Å². The van der Waals surface area contributed by atoms with Crippen LogP contribution in [0.15, 0.2) is 44.5 Å². The Morgan fingerprint density at radius 2 is 2.03 bits per heavy atom. The van der Waals surface area contributed by atoms with Crippen LogP contribution < -0.4 is 15.4 Å². The lowest BCUT2D eigenvalue weighted by Gasteiger charge is -2.01. The number of aryl methyl sites for hydroxylation is 1. The molecular formula is C22H21N3O5S. The SMILES string of the molecule is CCOc1ccc2oc(C(=O)Nc3nc(-c4ccc(CNC(C)=O)o4)cs3)c(C)c2c1. The minimum Gasteiger partial charge on any atom is -0.494 e. The van der Waals surface area contributed by atoms with E-state index in [1.807, 2.05) is 26.0 Å². The predicted molar refractivity (Wildman–Crippen MR) is 117 cm³/mol. The van der Waals surface area contributed by atoms with Crippen molar-refractivity contribution >= 4 is 39.3 Å². The van der Waals surface area contributed by atoms with Gasteiger partial charge in [-0.05, 0) is 44.2 Å². The highest BCUT2D eigenvalue weighted by Gasteiger charge is 2.20. The molecule has 4 aromatic rings. The number of ether oxygens (including phenoxy) is 1. The van der Waals surface area contributed by atoms with Crippen LogP contribution in [0.4, 0.5) is 5.13 Å². The lowest BCUT2D eigenvalue weighted by Crippen LogP contribution is -2.18. The first-order valence-corrected chi connectivity index (χ1v) is 10.6. The third-order valence-corrected chi connectivity index (χ3v) is 5.33. The molecule has 31 heavy (non-hydrogen) atoms. The third-order valence-electron chi connectivity index (χ3n) is 4.58. The number of nitrogens with one attached hydrogen (secondary N) is 2. The first-order valence-electron chi connectivity index (χ1n) is 9.71. The fourth-order valence-electron chi connectivity index (χ4n) is 3.09. The standard InChI is InChI=1S/C22H21N3O5S/c1-4-28-14-5-7-18-16(9-14)12(2)20(30-18)21(27)25-22-24-17(11-31-22)19-8-6-15(29-19)10-23-13(3)26/h5-9,11H,4,10H2,1-3H3,(H,23,26)(H,24,25,27). The molecule has 3 heterocycles. The molecule has 0 unspecified atom stereocenters. The normalized spacial score (nSPS) is 10.9. The number of fused-ring (bicyclic) bond motifs is 1. The van der Waals surface area contributed by atoms with E-state index in [1.165, 1.54) is 18.3 Å². The second-order valence-corrected chi connectivity index (χ2v) is 7.67. The molecule has 0 fully saturated rings. The van der Waals surface area contributed by atoms with E-state index in [1.54, 1.807) is 23.6 Å². The molecule has 0 aliphatic carbocycles. The zero-order valence-electron chi connectivity index (χ0n) is 17.3. The molecule has 0 atom stereocenters. The van der Waals surface area contributed by atoms with Gasteiger partial charge in [-0.2, -0.15) is 0 Å². The minimum atomic E-state index is -0.377. The predicted octanol–water partition coefficient (Wildman–Crippen LogP) is 4.74. The maximum Gasteiger partial charge on any atom is 0.293 e. The van der Waals surface area contributed by atoms with Gasteiger partial charge in [0.05, 0.1) is 13.2 Å². The molecule has 3 aromatic heterocycles. The number of thiazole rings is 1. The molecule has 0 saturated carbocycles. The van der Waals surface area contributed by atoms with Gasteiger partial charge in [-0.25, -0.2) is 4.98 Å². The first-order chi connectivity index (χ1) is 14.9. The second kappa shape index (κ2) is 8.65. The van der Waals surface area contributed by atoms with Gasteiger partial charge in [-0.3, -0.25) is 14.9 Å². The Bertz CT molecular complexity index is 1250. The Morgan fingerprint density at radius 3 is 2.81 bits per heavy atom. The van der Waals surface area contributed by atoms with Crippen molar-refractivity contribution in [2.75, 3.05) is 11.9 Å². The summed E-state index contributed by atoms with van der Waals surface area (Å²) in [4.78, 5) is 28.2. The number of carbonyl (C=O) groups excluding carboxylic acids is 2. The van der Waals surface area contributed by atoms with Crippen molar-refractivity contribution in [3.63, 3.8) is 0 Å². The highest BCUT2D eigenvalue weighted by Crippen LogP contribution is 2.31. The summed E-state index contributed by atoms with van der Waals surface area (Å²) < 4.78 is 17.0. The average molecular weight is 439 g/mol.